The van der Waals surface area contributed by atoms with E-state index in [1.807, 2.05) is 42.5 Å². The van der Waals surface area contributed by atoms with Crippen LogP contribution in [0.25, 0.3) is 6.08 Å². The Morgan fingerprint density at radius 3 is 2.67 bits per heavy atom. The van der Waals surface area contributed by atoms with Gasteiger partial charge in [0.15, 0.2) is 0 Å². The Kier molecular flexibility index (Phi) is 7.47. The minimum absolute atomic E-state index is 0.0182. The zero-order chi connectivity index (χ0) is 23.1. The number of hydrogen-bond acceptors (Lipinski definition) is 4. The van der Waals surface area contributed by atoms with Crippen molar-refractivity contribution < 1.29 is 9.53 Å². The van der Waals surface area contributed by atoms with Gasteiger partial charge in [-0.05, 0) is 72.7 Å². The number of fused-ring (bicyclic) bond motifs is 1. The van der Waals surface area contributed by atoms with Crippen LogP contribution in [0.15, 0.2) is 48.5 Å². The second kappa shape index (κ2) is 10.7. The maximum atomic E-state index is 12.8. The van der Waals surface area contributed by atoms with Crippen LogP contribution in [0.1, 0.15) is 60.8 Å². The Morgan fingerprint density at radius 1 is 1.15 bits per heavy atom. The number of nitrogens with zero attached hydrogens (tertiary/aromatic N) is 2. The Bertz CT molecular complexity index is 1030. The molecule has 1 amide bonds. The minimum Gasteiger partial charge on any atom is -0.497 e. The van der Waals surface area contributed by atoms with Gasteiger partial charge >= 0.3 is 0 Å². The van der Waals surface area contributed by atoms with Gasteiger partial charge in [0.05, 0.1) is 18.7 Å². The lowest BCUT2D eigenvalue weighted by Gasteiger charge is -2.40. The summed E-state index contributed by atoms with van der Waals surface area (Å²) in [6.07, 6.45) is 11.1. The van der Waals surface area contributed by atoms with Gasteiger partial charge in [0.1, 0.15) is 5.75 Å². The van der Waals surface area contributed by atoms with E-state index in [1.54, 1.807) is 13.2 Å². The molecule has 0 unspecified atom stereocenters. The predicted octanol–water partition coefficient (Wildman–Crippen LogP) is 4.85. The predicted molar refractivity (Wildman–Crippen MR) is 131 cm³/mol. The smallest absolute Gasteiger partial charge is 0.244 e. The Labute approximate surface area is 197 Å². The first-order valence-corrected chi connectivity index (χ1v) is 12.0. The van der Waals surface area contributed by atoms with E-state index in [0.717, 1.165) is 75.0 Å². The fourth-order valence-corrected chi connectivity index (χ4v) is 5.10. The monoisotopic (exact) mass is 443 g/mol. The first-order valence-electron chi connectivity index (χ1n) is 12.0. The lowest BCUT2D eigenvalue weighted by atomic mass is 9.79. The molecule has 172 valence electrons. The summed E-state index contributed by atoms with van der Waals surface area (Å²) in [7, 11) is 1.65. The molecule has 2 aromatic rings. The number of benzene rings is 2. The van der Waals surface area contributed by atoms with Crippen molar-refractivity contribution in [1.29, 1.82) is 5.26 Å². The van der Waals surface area contributed by atoms with Gasteiger partial charge in [-0.2, -0.15) is 5.26 Å². The lowest BCUT2D eigenvalue weighted by molar-refractivity contribution is -0.118. The van der Waals surface area contributed by atoms with Crippen LogP contribution < -0.4 is 10.1 Å². The molecule has 0 radical (unpaired) electrons. The Hall–Kier alpha value is -3.10. The molecule has 5 nitrogen and oxygen atoms in total. The molecule has 1 aliphatic carbocycles. The van der Waals surface area contributed by atoms with Gasteiger partial charge in [0, 0.05) is 31.2 Å². The lowest BCUT2D eigenvalue weighted by Crippen LogP contribution is -2.51. The summed E-state index contributed by atoms with van der Waals surface area (Å²) in [5, 5.41) is 12.6. The summed E-state index contributed by atoms with van der Waals surface area (Å²) in [5.74, 6) is 0.789. The quantitative estimate of drug-likeness (QED) is 0.622. The van der Waals surface area contributed by atoms with Crippen LogP contribution in [-0.4, -0.2) is 36.5 Å². The number of ether oxygens (including phenoxy) is 1. The average molecular weight is 444 g/mol. The van der Waals surface area contributed by atoms with Crippen molar-refractivity contribution in [1.82, 2.24) is 10.2 Å². The SMILES string of the molecule is COc1ccc(C=CC(=O)NC2(CCN3CCc4ccc(C#N)cc4C3)CCCCC2)cc1. The number of rotatable bonds is 7. The molecule has 2 aliphatic rings. The number of hydrogen-bond donors (Lipinski definition) is 1. The molecule has 0 bridgehead atoms. The van der Waals surface area contributed by atoms with Gasteiger partial charge < -0.3 is 10.1 Å². The summed E-state index contributed by atoms with van der Waals surface area (Å²) in [6.45, 7) is 2.87. The van der Waals surface area contributed by atoms with Crippen molar-refractivity contribution in [2.24, 2.45) is 0 Å². The molecule has 5 heteroatoms. The number of amides is 1. The van der Waals surface area contributed by atoms with E-state index in [0.29, 0.717) is 0 Å². The highest BCUT2D eigenvalue weighted by Crippen LogP contribution is 2.32. The highest BCUT2D eigenvalue weighted by Gasteiger charge is 2.33. The number of methoxy groups -OCH3 is 1. The van der Waals surface area contributed by atoms with Gasteiger partial charge in [-0.15, -0.1) is 0 Å². The molecule has 1 N–H and O–H groups in total. The molecule has 0 spiro atoms. The first kappa shape index (κ1) is 23.1. The zero-order valence-corrected chi connectivity index (χ0v) is 19.5. The molecular formula is C28H33N3O2. The minimum atomic E-state index is -0.131. The van der Waals surface area contributed by atoms with Gasteiger partial charge in [0.2, 0.25) is 5.91 Å². The van der Waals surface area contributed by atoms with Crippen LogP contribution in [0.5, 0.6) is 5.75 Å². The average Bonchev–Trinajstić information content (AvgIpc) is 2.86. The second-order valence-electron chi connectivity index (χ2n) is 9.31. The van der Waals surface area contributed by atoms with E-state index in [4.69, 9.17) is 4.74 Å². The number of carbonyl (C=O) groups is 1. The third-order valence-corrected chi connectivity index (χ3v) is 7.08. The van der Waals surface area contributed by atoms with Crippen LogP contribution in [0, 0.1) is 11.3 Å². The van der Waals surface area contributed by atoms with Crippen molar-refractivity contribution in [3.8, 4) is 11.8 Å². The highest BCUT2D eigenvalue weighted by atomic mass is 16.5. The van der Waals surface area contributed by atoms with E-state index >= 15 is 0 Å². The fourth-order valence-electron chi connectivity index (χ4n) is 5.10. The molecule has 1 aliphatic heterocycles. The van der Waals surface area contributed by atoms with Gasteiger partial charge in [0.25, 0.3) is 0 Å². The number of nitriles is 1. The van der Waals surface area contributed by atoms with E-state index in [1.165, 1.54) is 17.5 Å². The summed E-state index contributed by atoms with van der Waals surface area (Å²) in [6, 6.07) is 16.0. The fraction of sp³-hybridized carbons (Fsp3) is 0.429. The second-order valence-corrected chi connectivity index (χ2v) is 9.31. The Balaban J connectivity index is 1.37. The normalized spacial score (nSPS) is 17.8. The van der Waals surface area contributed by atoms with E-state index < -0.39 is 0 Å². The van der Waals surface area contributed by atoms with Crippen LogP contribution in [0.3, 0.4) is 0 Å². The van der Waals surface area contributed by atoms with Gasteiger partial charge in [-0.25, -0.2) is 0 Å². The zero-order valence-electron chi connectivity index (χ0n) is 19.5. The van der Waals surface area contributed by atoms with Crippen LogP contribution in [0.2, 0.25) is 0 Å². The van der Waals surface area contributed by atoms with Crippen molar-refractivity contribution in [2.75, 3.05) is 20.2 Å². The molecule has 1 fully saturated rings. The van der Waals surface area contributed by atoms with E-state index in [2.05, 4.69) is 22.4 Å². The van der Waals surface area contributed by atoms with E-state index in [-0.39, 0.29) is 11.4 Å². The summed E-state index contributed by atoms with van der Waals surface area (Å²) in [4.78, 5) is 15.3. The Morgan fingerprint density at radius 2 is 1.94 bits per heavy atom. The summed E-state index contributed by atoms with van der Waals surface area (Å²) < 4.78 is 5.19. The highest BCUT2D eigenvalue weighted by molar-refractivity contribution is 5.92. The van der Waals surface area contributed by atoms with Gasteiger partial charge in [-0.1, -0.05) is 37.5 Å². The molecule has 2 aromatic carbocycles. The van der Waals surface area contributed by atoms with Crippen molar-refractivity contribution in [2.45, 2.75) is 57.0 Å². The molecule has 0 saturated heterocycles. The van der Waals surface area contributed by atoms with Crippen LogP contribution in [-0.2, 0) is 17.8 Å². The topological polar surface area (TPSA) is 65.4 Å². The molecule has 1 saturated carbocycles. The van der Waals surface area contributed by atoms with Crippen molar-refractivity contribution >= 4 is 12.0 Å². The maximum absolute atomic E-state index is 12.8. The first-order chi connectivity index (χ1) is 16.1. The molecule has 33 heavy (non-hydrogen) atoms. The molecule has 1 heterocycles. The standard InChI is InChI=1S/C28H33N3O2/c1-33-26-10-6-22(7-11-26)8-12-27(32)30-28(14-3-2-4-15-28)16-18-31-17-13-24-9-5-23(20-29)19-25(24)21-31/h5-12,19H,2-4,13-18,21H2,1H3,(H,30,32). The van der Waals surface area contributed by atoms with Gasteiger partial charge in [-0.3, -0.25) is 9.69 Å². The summed E-state index contributed by atoms with van der Waals surface area (Å²) in [5.41, 5.74) is 4.20. The van der Waals surface area contributed by atoms with E-state index in [9.17, 15) is 10.1 Å². The molecule has 4 rings (SSSR count). The van der Waals surface area contributed by atoms with Crippen molar-refractivity contribution in [3.05, 3.63) is 70.8 Å². The van der Waals surface area contributed by atoms with Crippen molar-refractivity contribution in [3.63, 3.8) is 0 Å². The molecular weight excluding hydrogens is 410 g/mol. The number of carbonyl (C=O) groups excluding carboxylic acids is 1. The van der Waals surface area contributed by atoms with Crippen LogP contribution >= 0.6 is 0 Å². The maximum Gasteiger partial charge on any atom is 0.244 e. The largest absolute Gasteiger partial charge is 0.497 e. The molecule has 0 aromatic heterocycles. The summed E-state index contributed by atoms with van der Waals surface area (Å²) >= 11 is 0. The van der Waals surface area contributed by atoms with Crippen LogP contribution in [0.4, 0.5) is 0 Å². The molecule has 0 atom stereocenters. The number of nitrogens with one attached hydrogen (secondary N) is 1. The third kappa shape index (κ3) is 6.03. The third-order valence-electron chi connectivity index (χ3n) is 7.08.